The zero-order chi connectivity index (χ0) is 13.7. The number of carbonyl (C=O) groups excluding carboxylic acids is 2. The average molecular weight is 255 g/mol. The predicted octanol–water partition coefficient (Wildman–Crippen LogP) is 2.07. The van der Waals surface area contributed by atoms with Crippen molar-refractivity contribution < 1.29 is 19.5 Å². The minimum atomic E-state index is -1.21. The Kier molecular flexibility index (Phi) is 2.19. The van der Waals surface area contributed by atoms with Crippen molar-refractivity contribution in [3.05, 3.63) is 46.6 Å². The van der Waals surface area contributed by atoms with E-state index < -0.39 is 17.5 Å². The van der Waals surface area contributed by atoms with Crippen molar-refractivity contribution >= 4 is 17.5 Å². The number of aromatic nitrogens is 1. The third kappa shape index (κ3) is 1.38. The number of rotatable bonds is 1. The van der Waals surface area contributed by atoms with Crippen molar-refractivity contribution in [1.82, 2.24) is 4.98 Å². The lowest BCUT2D eigenvalue weighted by Gasteiger charge is -2.14. The van der Waals surface area contributed by atoms with Crippen LogP contribution in [0.5, 0.6) is 0 Å². The van der Waals surface area contributed by atoms with Crippen molar-refractivity contribution in [2.75, 3.05) is 0 Å². The van der Waals surface area contributed by atoms with E-state index in [1.165, 1.54) is 0 Å². The lowest BCUT2D eigenvalue weighted by atomic mass is 9.86. The zero-order valence-electron chi connectivity index (χ0n) is 9.98. The molecule has 3 rings (SSSR count). The number of aryl methyl sites for hydroxylation is 1. The average Bonchev–Trinajstić information content (AvgIpc) is 2.74. The number of ketones is 2. The third-order valence-electron chi connectivity index (χ3n) is 3.28. The summed E-state index contributed by atoms with van der Waals surface area (Å²) in [6.45, 7) is 1.57. The molecule has 0 saturated heterocycles. The van der Waals surface area contributed by atoms with Crippen LogP contribution in [0.15, 0.2) is 24.3 Å². The normalized spacial score (nSPS) is 13.1. The third-order valence-corrected chi connectivity index (χ3v) is 3.28. The Morgan fingerprint density at radius 1 is 1.11 bits per heavy atom. The lowest BCUT2D eigenvalue weighted by Crippen LogP contribution is -2.22. The molecule has 0 saturated carbocycles. The fourth-order valence-corrected chi connectivity index (χ4v) is 2.46. The quantitative estimate of drug-likeness (QED) is 0.763. The van der Waals surface area contributed by atoms with E-state index in [0.717, 1.165) is 0 Å². The maximum absolute atomic E-state index is 12.1. The number of benzene rings is 1. The van der Waals surface area contributed by atoms with Gasteiger partial charge in [-0.3, -0.25) is 9.59 Å². The summed E-state index contributed by atoms with van der Waals surface area (Å²) in [6, 6.07) is 6.67. The Hall–Kier alpha value is -2.69. The summed E-state index contributed by atoms with van der Waals surface area (Å²) in [4.78, 5) is 38.2. The molecule has 0 unspecified atom stereocenters. The summed E-state index contributed by atoms with van der Waals surface area (Å²) in [5, 5.41) is 9.18. The van der Waals surface area contributed by atoms with Gasteiger partial charge in [0.05, 0.1) is 16.8 Å². The zero-order valence-corrected chi connectivity index (χ0v) is 9.98. The number of aromatic amines is 1. The van der Waals surface area contributed by atoms with Gasteiger partial charge in [0, 0.05) is 16.8 Å². The van der Waals surface area contributed by atoms with E-state index in [2.05, 4.69) is 4.98 Å². The molecule has 1 aliphatic carbocycles. The first-order valence-corrected chi connectivity index (χ1v) is 5.66. The Morgan fingerprint density at radius 3 is 2.37 bits per heavy atom. The number of carboxylic acids is 1. The molecule has 1 heterocycles. The van der Waals surface area contributed by atoms with E-state index in [9.17, 15) is 19.5 Å². The monoisotopic (exact) mass is 255 g/mol. The Bertz CT molecular complexity index is 755. The number of fused-ring (bicyclic) bond motifs is 3. The van der Waals surface area contributed by atoms with Gasteiger partial charge < -0.3 is 10.1 Å². The van der Waals surface area contributed by atoms with Crippen molar-refractivity contribution in [3.63, 3.8) is 0 Å². The van der Waals surface area contributed by atoms with E-state index in [0.29, 0.717) is 22.5 Å². The molecule has 94 valence electrons. The van der Waals surface area contributed by atoms with Crippen LogP contribution in [0.4, 0.5) is 0 Å². The fraction of sp³-hybridized carbons (Fsp3) is 0.0714. The molecule has 2 N–H and O–H groups in total. The van der Waals surface area contributed by atoms with Gasteiger partial charge >= 0.3 is 5.97 Å². The van der Waals surface area contributed by atoms with Crippen LogP contribution in [-0.4, -0.2) is 27.6 Å². The highest BCUT2D eigenvalue weighted by molar-refractivity contribution is 6.53. The Balaban J connectivity index is 2.43. The van der Waals surface area contributed by atoms with E-state index >= 15 is 0 Å². The highest BCUT2D eigenvalue weighted by atomic mass is 16.4. The van der Waals surface area contributed by atoms with Gasteiger partial charge in [0.2, 0.25) is 11.6 Å². The van der Waals surface area contributed by atoms with Gasteiger partial charge in [-0.25, -0.2) is 4.79 Å². The molecule has 0 radical (unpaired) electrons. The molecule has 1 aromatic carbocycles. The minimum Gasteiger partial charge on any atom is -0.478 e. The summed E-state index contributed by atoms with van der Waals surface area (Å²) < 4.78 is 0. The first-order valence-electron chi connectivity index (χ1n) is 5.66. The molecule has 5 heteroatoms. The molecule has 0 amide bonds. The molecule has 0 spiro atoms. The number of carbonyl (C=O) groups is 3. The molecular formula is C14H9NO4. The largest absolute Gasteiger partial charge is 0.478 e. The van der Waals surface area contributed by atoms with Crippen LogP contribution in [0.1, 0.15) is 36.8 Å². The van der Waals surface area contributed by atoms with Crippen LogP contribution in [0.25, 0.3) is 11.3 Å². The van der Waals surface area contributed by atoms with Gasteiger partial charge in [0.1, 0.15) is 0 Å². The maximum Gasteiger partial charge on any atom is 0.338 e. The first kappa shape index (κ1) is 11.4. The second-order valence-corrected chi connectivity index (χ2v) is 4.38. The SMILES string of the molecule is Cc1[nH]c2c(c1C(=O)O)C(=O)C(=O)c1ccccc1-2. The Labute approximate surface area is 107 Å². The van der Waals surface area contributed by atoms with Gasteiger partial charge in [0.15, 0.2) is 0 Å². The maximum atomic E-state index is 12.1. The molecule has 19 heavy (non-hydrogen) atoms. The van der Waals surface area contributed by atoms with Crippen LogP contribution in [0.3, 0.4) is 0 Å². The molecule has 0 bridgehead atoms. The van der Waals surface area contributed by atoms with Crippen LogP contribution in [0, 0.1) is 6.92 Å². The molecule has 1 aromatic heterocycles. The molecular weight excluding hydrogens is 246 g/mol. The molecule has 0 atom stereocenters. The number of Topliss-reactive ketones (excluding diaryl/α,β-unsaturated/α-hetero) is 2. The first-order chi connectivity index (χ1) is 9.02. The highest BCUT2D eigenvalue weighted by Crippen LogP contribution is 2.35. The van der Waals surface area contributed by atoms with Gasteiger partial charge in [-0.15, -0.1) is 0 Å². The van der Waals surface area contributed by atoms with Gasteiger partial charge in [-0.1, -0.05) is 24.3 Å². The van der Waals surface area contributed by atoms with Crippen molar-refractivity contribution in [3.8, 4) is 11.3 Å². The predicted molar refractivity (Wildman–Crippen MR) is 66.6 cm³/mol. The number of hydrogen-bond acceptors (Lipinski definition) is 3. The van der Waals surface area contributed by atoms with E-state index in [-0.39, 0.29) is 11.1 Å². The van der Waals surface area contributed by atoms with Gasteiger partial charge in [-0.05, 0) is 6.92 Å². The smallest absolute Gasteiger partial charge is 0.338 e. The van der Waals surface area contributed by atoms with E-state index in [1.807, 2.05) is 0 Å². The van der Waals surface area contributed by atoms with Crippen LogP contribution < -0.4 is 0 Å². The topological polar surface area (TPSA) is 87.2 Å². The molecule has 1 aliphatic rings. The van der Waals surface area contributed by atoms with Crippen LogP contribution in [0.2, 0.25) is 0 Å². The number of aromatic carboxylic acids is 1. The van der Waals surface area contributed by atoms with E-state index in [4.69, 9.17) is 0 Å². The van der Waals surface area contributed by atoms with Crippen LogP contribution in [-0.2, 0) is 0 Å². The van der Waals surface area contributed by atoms with E-state index in [1.54, 1.807) is 31.2 Å². The molecule has 5 nitrogen and oxygen atoms in total. The second kappa shape index (κ2) is 3.65. The number of carboxylic acid groups (broad SMARTS) is 1. The molecule has 0 fully saturated rings. The summed E-state index contributed by atoms with van der Waals surface area (Å²) in [6.07, 6.45) is 0. The molecule has 0 aliphatic heterocycles. The minimum absolute atomic E-state index is 0.0336. The number of H-pyrrole nitrogens is 1. The van der Waals surface area contributed by atoms with Crippen molar-refractivity contribution in [2.24, 2.45) is 0 Å². The summed E-state index contributed by atoms with van der Waals surface area (Å²) in [5.41, 5.74) is 1.50. The second-order valence-electron chi connectivity index (χ2n) is 4.38. The number of hydrogen-bond donors (Lipinski definition) is 2. The number of nitrogens with one attached hydrogen (secondary N) is 1. The summed E-state index contributed by atoms with van der Waals surface area (Å²) in [7, 11) is 0. The summed E-state index contributed by atoms with van der Waals surface area (Å²) >= 11 is 0. The van der Waals surface area contributed by atoms with Gasteiger partial charge in [0.25, 0.3) is 0 Å². The highest BCUT2D eigenvalue weighted by Gasteiger charge is 2.36. The molecule has 2 aromatic rings. The Morgan fingerprint density at radius 2 is 1.74 bits per heavy atom. The fourth-order valence-electron chi connectivity index (χ4n) is 2.46. The van der Waals surface area contributed by atoms with Crippen molar-refractivity contribution in [1.29, 1.82) is 0 Å². The van der Waals surface area contributed by atoms with Crippen LogP contribution >= 0.6 is 0 Å². The van der Waals surface area contributed by atoms with Gasteiger partial charge in [-0.2, -0.15) is 0 Å². The van der Waals surface area contributed by atoms with Crippen molar-refractivity contribution in [2.45, 2.75) is 6.92 Å². The summed E-state index contributed by atoms with van der Waals surface area (Å²) in [5.74, 6) is -2.64. The lowest BCUT2D eigenvalue weighted by molar-refractivity contribution is 0.0691. The standard InChI is InChI=1S/C14H9NO4/c1-6-9(14(18)19)10-11(15-6)7-4-2-3-5-8(7)12(16)13(10)17/h2-5,15H,1H3,(H,18,19).